The molecule has 1 aromatic heterocycles. The number of hydrogen-bond donors (Lipinski definition) is 2. The Labute approximate surface area is 216 Å². The first-order chi connectivity index (χ1) is 18.1. The number of ether oxygens (including phenoxy) is 1. The zero-order valence-electron chi connectivity index (χ0n) is 20.9. The maximum Gasteiger partial charge on any atom is 0.324 e. The van der Waals surface area contributed by atoms with Crippen molar-refractivity contribution >= 4 is 23.4 Å². The molecule has 2 fully saturated rings. The summed E-state index contributed by atoms with van der Waals surface area (Å²) >= 11 is 0. The Hall–Kier alpha value is -3.75. The molecule has 0 spiro atoms. The third-order valence-electron chi connectivity index (χ3n) is 7.65. The van der Waals surface area contributed by atoms with Gasteiger partial charge in [0.2, 0.25) is 0 Å². The SMILES string of the molecule is CC[C@H]1COC2c3c(NC(=O)Nc4cc(C5CCN(Cc6ccccc6)C5)ccn4)cccc3C(=O)N21. The Morgan fingerprint density at radius 1 is 1.11 bits per heavy atom. The molecule has 8 heteroatoms. The normalized spacial score (nSPS) is 22.7. The van der Waals surface area contributed by atoms with Gasteiger partial charge in [-0.1, -0.05) is 43.3 Å². The maximum atomic E-state index is 13.0. The summed E-state index contributed by atoms with van der Waals surface area (Å²) in [4.78, 5) is 34.5. The number of nitrogens with zero attached hydrogens (tertiary/aromatic N) is 3. The van der Waals surface area contributed by atoms with Crippen LogP contribution in [0.5, 0.6) is 0 Å². The van der Waals surface area contributed by atoms with Gasteiger partial charge in [0.1, 0.15) is 5.82 Å². The van der Waals surface area contributed by atoms with Crippen molar-refractivity contribution in [1.82, 2.24) is 14.8 Å². The molecule has 3 aliphatic heterocycles. The molecule has 2 unspecified atom stereocenters. The number of rotatable bonds is 6. The van der Waals surface area contributed by atoms with Crippen LogP contribution in [0.4, 0.5) is 16.3 Å². The molecule has 190 valence electrons. The monoisotopic (exact) mass is 497 g/mol. The molecule has 0 saturated carbocycles. The predicted octanol–water partition coefficient (Wildman–Crippen LogP) is 4.98. The summed E-state index contributed by atoms with van der Waals surface area (Å²) in [5.74, 6) is 0.862. The van der Waals surface area contributed by atoms with E-state index in [1.807, 2.05) is 31.2 Å². The van der Waals surface area contributed by atoms with Gasteiger partial charge >= 0.3 is 6.03 Å². The van der Waals surface area contributed by atoms with Crippen LogP contribution in [0.2, 0.25) is 0 Å². The average molecular weight is 498 g/mol. The minimum Gasteiger partial charge on any atom is -0.352 e. The van der Waals surface area contributed by atoms with Gasteiger partial charge in [-0.05, 0) is 60.7 Å². The molecule has 0 aliphatic carbocycles. The van der Waals surface area contributed by atoms with Gasteiger partial charge in [0.15, 0.2) is 6.23 Å². The number of carbonyl (C=O) groups excluding carboxylic acids is 2. The number of pyridine rings is 1. The molecular weight excluding hydrogens is 466 g/mol. The Morgan fingerprint density at radius 3 is 2.81 bits per heavy atom. The van der Waals surface area contributed by atoms with Crippen molar-refractivity contribution in [3.8, 4) is 0 Å². The van der Waals surface area contributed by atoms with Crippen LogP contribution in [0.1, 0.15) is 59.0 Å². The summed E-state index contributed by atoms with van der Waals surface area (Å²) in [6, 6.07) is 19.6. The van der Waals surface area contributed by atoms with Crippen LogP contribution in [0.25, 0.3) is 0 Å². The Kier molecular flexibility index (Phi) is 6.36. The van der Waals surface area contributed by atoms with E-state index in [2.05, 4.69) is 44.8 Å². The standard InChI is InChI=1S/C29H31N5O3/c1-2-22-18-37-28-26-23(27(35)34(22)28)9-6-10-24(26)31-29(36)32-25-15-20(11-13-30-25)21-12-14-33(17-21)16-19-7-4-3-5-8-19/h3-11,13,15,21-22,28H,2,12,14,16-18H2,1H3,(H2,30,31,32,36)/t21?,22-,28?/m0/s1. The molecule has 0 radical (unpaired) electrons. The van der Waals surface area contributed by atoms with E-state index in [0.29, 0.717) is 29.6 Å². The third-order valence-corrected chi connectivity index (χ3v) is 7.65. The molecule has 6 rings (SSSR count). The second-order valence-electron chi connectivity index (χ2n) is 9.99. The van der Waals surface area contributed by atoms with Crippen molar-refractivity contribution < 1.29 is 14.3 Å². The van der Waals surface area contributed by atoms with Crippen LogP contribution < -0.4 is 10.6 Å². The minimum absolute atomic E-state index is 0.0411. The molecule has 2 saturated heterocycles. The summed E-state index contributed by atoms with van der Waals surface area (Å²) in [6.07, 6.45) is 3.20. The van der Waals surface area contributed by atoms with Gasteiger partial charge < -0.3 is 15.0 Å². The lowest BCUT2D eigenvalue weighted by atomic mass is 9.99. The molecule has 4 heterocycles. The van der Waals surface area contributed by atoms with Crippen LogP contribution in [-0.2, 0) is 11.3 Å². The van der Waals surface area contributed by atoms with Crippen LogP contribution in [0, 0.1) is 0 Å². The second-order valence-corrected chi connectivity index (χ2v) is 9.99. The number of likely N-dealkylation sites (tertiary alicyclic amines) is 1. The fraction of sp³-hybridized carbons (Fsp3) is 0.345. The zero-order chi connectivity index (χ0) is 25.4. The maximum absolute atomic E-state index is 13.0. The summed E-state index contributed by atoms with van der Waals surface area (Å²) in [6.45, 7) is 5.52. The fourth-order valence-electron chi connectivity index (χ4n) is 5.76. The van der Waals surface area contributed by atoms with Crippen LogP contribution in [0.15, 0.2) is 66.9 Å². The summed E-state index contributed by atoms with van der Waals surface area (Å²) in [5, 5.41) is 5.80. The summed E-state index contributed by atoms with van der Waals surface area (Å²) in [7, 11) is 0. The molecule has 2 N–H and O–H groups in total. The first-order valence-corrected chi connectivity index (χ1v) is 13.0. The van der Waals surface area contributed by atoms with Gasteiger partial charge in [-0.2, -0.15) is 0 Å². The van der Waals surface area contributed by atoms with E-state index in [1.54, 1.807) is 23.2 Å². The Bertz CT molecular complexity index is 1310. The predicted molar refractivity (Wildman–Crippen MR) is 141 cm³/mol. The number of nitrogens with one attached hydrogen (secondary N) is 2. The van der Waals surface area contributed by atoms with E-state index in [-0.39, 0.29) is 11.9 Å². The van der Waals surface area contributed by atoms with Gasteiger partial charge in [-0.25, -0.2) is 9.78 Å². The smallest absolute Gasteiger partial charge is 0.324 e. The van der Waals surface area contributed by atoms with Gasteiger partial charge in [0.05, 0.1) is 18.3 Å². The highest BCUT2D eigenvalue weighted by atomic mass is 16.5. The largest absolute Gasteiger partial charge is 0.352 e. The first-order valence-electron chi connectivity index (χ1n) is 13.0. The Balaban J connectivity index is 1.12. The zero-order valence-corrected chi connectivity index (χ0v) is 20.9. The molecular formula is C29H31N5O3. The lowest BCUT2D eigenvalue weighted by molar-refractivity contribution is 0.0355. The van der Waals surface area contributed by atoms with E-state index >= 15 is 0 Å². The van der Waals surface area contributed by atoms with E-state index in [1.165, 1.54) is 11.1 Å². The molecule has 3 atom stereocenters. The van der Waals surface area contributed by atoms with Crippen LogP contribution in [-0.4, -0.2) is 52.5 Å². The highest BCUT2D eigenvalue weighted by molar-refractivity contribution is 6.05. The summed E-state index contributed by atoms with van der Waals surface area (Å²) < 4.78 is 5.95. The van der Waals surface area contributed by atoms with Crippen molar-refractivity contribution in [2.75, 3.05) is 30.3 Å². The summed E-state index contributed by atoms with van der Waals surface area (Å²) in [5.41, 5.74) is 4.39. The van der Waals surface area contributed by atoms with E-state index < -0.39 is 12.3 Å². The number of benzene rings is 2. The van der Waals surface area contributed by atoms with Gasteiger partial charge in [-0.15, -0.1) is 0 Å². The van der Waals surface area contributed by atoms with Crippen LogP contribution >= 0.6 is 0 Å². The Morgan fingerprint density at radius 2 is 1.97 bits per heavy atom. The molecule has 2 aromatic carbocycles. The molecule has 3 aliphatic rings. The minimum atomic E-state index is -0.452. The molecule has 3 aromatic rings. The molecule has 8 nitrogen and oxygen atoms in total. The lowest BCUT2D eigenvalue weighted by Crippen LogP contribution is -2.33. The number of amides is 3. The van der Waals surface area contributed by atoms with E-state index in [4.69, 9.17) is 4.74 Å². The van der Waals surface area contributed by atoms with Gasteiger partial charge in [-0.3, -0.25) is 15.0 Å². The number of hydrogen-bond acceptors (Lipinski definition) is 5. The van der Waals surface area contributed by atoms with Crippen molar-refractivity contribution in [1.29, 1.82) is 0 Å². The first kappa shape index (κ1) is 23.6. The van der Waals surface area contributed by atoms with Crippen molar-refractivity contribution in [2.24, 2.45) is 0 Å². The lowest BCUT2D eigenvalue weighted by Gasteiger charge is -2.21. The number of fused-ring (bicyclic) bond motifs is 3. The van der Waals surface area contributed by atoms with E-state index in [9.17, 15) is 9.59 Å². The molecule has 3 amide bonds. The molecule has 37 heavy (non-hydrogen) atoms. The highest BCUT2D eigenvalue weighted by Gasteiger charge is 2.46. The van der Waals surface area contributed by atoms with Crippen molar-refractivity contribution in [2.45, 2.75) is 44.5 Å². The topological polar surface area (TPSA) is 86.8 Å². The number of anilines is 2. The van der Waals surface area contributed by atoms with Gasteiger partial charge in [0, 0.05) is 30.4 Å². The van der Waals surface area contributed by atoms with E-state index in [0.717, 1.165) is 38.0 Å². The average Bonchev–Trinajstić information content (AvgIpc) is 3.62. The second kappa shape index (κ2) is 9.95. The van der Waals surface area contributed by atoms with Crippen molar-refractivity contribution in [3.05, 3.63) is 89.1 Å². The number of urea groups is 1. The van der Waals surface area contributed by atoms with Crippen LogP contribution in [0.3, 0.4) is 0 Å². The van der Waals surface area contributed by atoms with Gasteiger partial charge in [0.25, 0.3) is 5.91 Å². The quantitative estimate of drug-likeness (QED) is 0.502. The number of aromatic nitrogens is 1. The molecule has 0 bridgehead atoms. The fourth-order valence-corrected chi connectivity index (χ4v) is 5.76. The number of carbonyl (C=O) groups is 2. The highest BCUT2D eigenvalue weighted by Crippen LogP contribution is 2.44. The van der Waals surface area contributed by atoms with Crippen molar-refractivity contribution in [3.63, 3.8) is 0 Å². The third kappa shape index (κ3) is 4.58.